The molecule has 4 fully saturated rings. The van der Waals surface area contributed by atoms with Gasteiger partial charge in [0.05, 0.1) is 4.92 Å². The summed E-state index contributed by atoms with van der Waals surface area (Å²) in [6.07, 6.45) is 10.3. The van der Waals surface area contributed by atoms with Crippen LogP contribution in [0.15, 0.2) is 30.3 Å². The van der Waals surface area contributed by atoms with Gasteiger partial charge in [0.25, 0.3) is 11.6 Å². The molecule has 7 heteroatoms. The summed E-state index contributed by atoms with van der Waals surface area (Å²) < 4.78 is 5.05. The van der Waals surface area contributed by atoms with E-state index in [9.17, 15) is 19.7 Å². The molecule has 4 saturated carbocycles. The number of nitrogens with one attached hydrogen (secondary N) is 1. The van der Waals surface area contributed by atoms with Crippen LogP contribution in [0.2, 0.25) is 0 Å². The SMILES string of the molecule is C[C@H](NC(=O)COC(=O)/C=C/c1cccc([N+](=O)[O-])c1)C12CC3CC(CC(C3)C1)C2. The van der Waals surface area contributed by atoms with Crippen molar-refractivity contribution >= 4 is 23.6 Å². The van der Waals surface area contributed by atoms with Gasteiger partial charge >= 0.3 is 5.97 Å². The lowest BCUT2D eigenvalue weighted by Gasteiger charge is -2.59. The van der Waals surface area contributed by atoms with Crippen LogP contribution < -0.4 is 5.32 Å². The van der Waals surface area contributed by atoms with E-state index in [0.717, 1.165) is 17.8 Å². The maximum atomic E-state index is 12.4. The molecular formula is C23H28N2O5. The van der Waals surface area contributed by atoms with E-state index < -0.39 is 10.9 Å². The van der Waals surface area contributed by atoms with Crippen LogP contribution >= 0.6 is 0 Å². The molecule has 0 aliphatic heterocycles. The number of ether oxygens (including phenoxy) is 1. The lowest BCUT2D eigenvalue weighted by atomic mass is 9.48. The summed E-state index contributed by atoms with van der Waals surface area (Å²) in [4.78, 5) is 34.6. The largest absolute Gasteiger partial charge is 0.452 e. The molecule has 1 amide bonds. The molecule has 0 heterocycles. The Morgan fingerprint density at radius 1 is 1.23 bits per heavy atom. The molecule has 30 heavy (non-hydrogen) atoms. The van der Waals surface area contributed by atoms with Crippen LogP contribution in [0.4, 0.5) is 5.69 Å². The number of nitrogens with zero attached hydrogens (tertiary/aromatic N) is 1. The van der Waals surface area contributed by atoms with Gasteiger partial charge in [-0.25, -0.2) is 4.79 Å². The average Bonchev–Trinajstić information content (AvgIpc) is 2.70. The quantitative estimate of drug-likeness (QED) is 0.317. The Bertz CT molecular complexity index is 843. The second-order valence-corrected chi connectivity index (χ2v) is 9.36. The van der Waals surface area contributed by atoms with Crippen molar-refractivity contribution in [2.75, 3.05) is 6.61 Å². The summed E-state index contributed by atoms with van der Waals surface area (Å²) in [5.41, 5.74) is 0.667. The third kappa shape index (κ3) is 4.40. The van der Waals surface area contributed by atoms with Crippen LogP contribution in [-0.2, 0) is 14.3 Å². The highest BCUT2D eigenvalue weighted by Crippen LogP contribution is 2.61. The number of carbonyl (C=O) groups is 2. The first-order valence-electron chi connectivity index (χ1n) is 10.7. The summed E-state index contributed by atoms with van der Waals surface area (Å²) in [5, 5.41) is 13.9. The number of hydrogen-bond donors (Lipinski definition) is 1. The molecule has 1 N–H and O–H groups in total. The van der Waals surface area contributed by atoms with E-state index in [1.54, 1.807) is 12.1 Å². The van der Waals surface area contributed by atoms with Crippen LogP contribution in [0, 0.1) is 33.3 Å². The number of nitro groups is 1. The van der Waals surface area contributed by atoms with Crippen molar-refractivity contribution in [3.05, 3.63) is 46.0 Å². The van der Waals surface area contributed by atoms with Gasteiger partial charge in [0, 0.05) is 24.3 Å². The Balaban J connectivity index is 1.26. The molecule has 0 aromatic heterocycles. The Morgan fingerprint density at radius 3 is 2.47 bits per heavy atom. The summed E-state index contributed by atoms with van der Waals surface area (Å²) in [5.74, 6) is 1.50. The molecule has 1 atom stereocenters. The average molecular weight is 412 g/mol. The highest BCUT2D eigenvalue weighted by molar-refractivity contribution is 5.89. The van der Waals surface area contributed by atoms with E-state index in [-0.39, 0.29) is 29.7 Å². The molecule has 160 valence electrons. The fraction of sp³-hybridized carbons (Fsp3) is 0.565. The molecule has 1 aromatic carbocycles. The standard InChI is InChI=1S/C23H28N2O5/c1-15(23-11-17-7-18(12-23)9-19(8-17)13-23)24-21(26)14-30-22(27)6-5-16-3-2-4-20(10-16)25(28)29/h2-6,10,15,17-19H,7-9,11-14H2,1H3,(H,24,26)/b6-5+/t15-,17?,18?,19?,23?/m0/s1. The molecule has 4 aliphatic carbocycles. The number of nitro benzene ring substituents is 1. The van der Waals surface area contributed by atoms with Gasteiger partial charge < -0.3 is 10.1 Å². The van der Waals surface area contributed by atoms with Crippen LogP contribution in [0.1, 0.15) is 51.0 Å². The van der Waals surface area contributed by atoms with Gasteiger partial charge in [-0.15, -0.1) is 0 Å². The van der Waals surface area contributed by atoms with Crippen LogP contribution in [0.5, 0.6) is 0 Å². The van der Waals surface area contributed by atoms with E-state index in [4.69, 9.17) is 4.74 Å². The number of hydrogen-bond acceptors (Lipinski definition) is 5. The van der Waals surface area contributed by atoms with Gasteiger partial charge in [-0.2, -0.15) is 0 Å². The maximum absolute atomic E-state index is 12.4. The van der Waals surface area contributed by atoms with Crippen molar-refractivity contribution in [2.24, 2.45) is 23.2 Å². The van der Waals surface area contributed by atoms with Crippen molar-refractivity contribution in [1.29, 1.82) is 0 Å². The second kappa shape index (κ2) is 8.20. The second-order valence-electron chi connectivity index (χ2n) is 9.36. The predicted molar refractivity (Wildman–Crippen MR) is 111 cm³/mol. The fourth-order valence-corrected chi connectivity index (χ4v) is 6.24. The number of esters is 1. The zero-order valence-electron chi connectivity index (χ0n) is 17.2. The van der Waals surface area contributed by atoms with E-state index in [0.29, 0.717) is 5.56 Å². The van der Waals surface area contributed by atoms with Crippen molar-refractivity contribution < 1.29 is 19.2 Å². The normalized spacial score (nSPS) is 30.2. The minimum absolute atomic E-state index is 0.0523. The summed E-state index contributed by atoms with van der Waals surface area (Å²) in [6.45, 7) is 1.77. The molecule has 0 saturated heterocycles. The zero-order chi connectivity index (χ0) is 21.3. The topological polar surface area (TPSA) is 98.5 Å². The molecule has 5 rings (SSSR count). The van der Waals surface area contributed by atoms with Gasteiger partial charge in [-0.3, -0.25) is 14.9 Å². The molecule has 0 spiro atoms. The molecule has 4 aliphatic rings. The van der Waals surface area contributed by atoms with Crippen LogP contribution in [-0.4, -0.2) is 29.4 Å². The highest BCUT2D eigenvalue weighted by atomic mass is 16.6. The highest BCUT2D eigenvalue weighted by Gasteiger charge is 2.53. The van der Waals surface area contributed by atoms with E-state index >= 15 is 0 Å². The summed E-state index contributed by atoms with van der Waals surface area (Å²) >= 11 is 0. The van der Waals surface area contributed by atoms with Crippen LogP contribution in [0.3, 0.4) is 0 Å². The molecule has 1 aromatic rings. The van der Waals surface area contributed by atoms with Crippen molar-refractivity contribution in [1.82, 2.24) is 5.32 Å². The van der Waals surface area contributed by atoms with Gasteiger partial charge in [-0.1, -0.05) is 12.1 Å². The van der Waals surface area contributed by atoms with Gasteiger partial charge in [0.2, 0.25) is 0 Å². The predicted octanol–water partition coefficient (Wildman–Crippen LogP) is 3.87. The van der Waals surface area contributed by atoms with Crippen molar-refractivity contribution in [3.63, 3.8) is 0 Å². The Morgan fingerprint density at radius 2 is 1.87 bits per heavy atom. The minimum atomic E-state index is -0.654. The monoisotopic (exact) mass is 412 g/mol. The minimum Gasteiger partial charge on any atom is -0.452 e. The van der Waals surface area contributed by atoms with Gasteiger partial charge in [-0.05, 0) is 80.3 Å². The molecule has 4 bridgehead atoms. The summed E-state index contributed by atoms with van der Waals surface area (Å²) in [7, 11) is 0. The molecule has 0 radical (unpaired) electrons. The molecule has 7 nitrogen and oxygen atoms in total. The number of benzene rings is 1. The zero-order valence-corrected chi connectivity index (χ0v) is 17.2. The summed E-state index contributed by atoms with van der Waals surface area (Å²) in [6, 6.07) is 6.02. The first-order valence-corrected chi connectivity index (χ1v) is 10.7. The number of non-ortho nitro benzene ring substituents is 1. The maximum Gasteiger partial charge on any atom is 0.331 e. The molecule has 0 unspecified atom stereocenters. The first-order chi connectivity index (χ1) is 14.3. The van der Waals surface area contributed by atoms with Crippen LogP contribution in [0.25, 0.3) is 6.08 Å². The smallest absolute Gasteiger partial charge is 0.331 e. The lowest BCUT2D eigenvalue weighted by Crippen LogP contribution is -2.56. The Kier molecular flexibility index (Phi) is 5.62. The number of amides is 1. The number of rotatable bonds is 7. The third-order valence-electron chi connectivity index (χ3n) is 7.22. The Hall–Kier alpha value is -2.70. The molecular weight excluding hydrogens is 384 g/mol. The third-order valence-corrected chi connectivity index (χ3v) is 7.22. The fourth-order valence-electron chi connectivity index (χ4n) is 6.24. The van der Waals surface area contributed by atoms with E-state index in [2.05, 4.69) is 12.2 Å². The van der Waals surface area contributed by atoms with Gasteiger partial charge in [0.15, 0.2) is 6.61 Å². The Labute approximate surface area is 176 Å². The van der Waals surface area contributed by atoms with Crippen molar-refractivity contribution in [3.8, 4) is 0 Å². The van der Waals surface area contributed by atoms with E-state index in [1.807, 2.05) is 0 Å². The number of carbonyl (C=O) groups excluding carboxylic acids is 2. The van der Waals surface area contributed by atoms with Gasteiger partial charge in [0.1, 0.15) is 0 Å². The lowest BCUT2D eigenvalue weighted by molar-refractivity contribution is -0.384. The first kappa shape index (κ1) is 20.6. The van der Waals surface area contributed by atoms with Crippen molar-refractivity contribution in [2.45, 2.75) is 51.5 Å². The van der Waals surface area contributed by atoms with E-state index in [1.165, 1.54) is 62.8 Å².